The van der Waals surface area contributed by atoms with Crippen LogP contribution in [0.5, 0.6) is 0 Å². The molecule has 0 radical (unpaired) electrons. The fourth-order valence-corrected chi connectivity index (χ4v) is 4.09. The lowest BCUT2D eigenvalue weighted by Gasteiger charge is -2.20. The Labute approximate surface area is 162 Å². The Morgan fingerprint density at radius 3 is 2.88 bits per heavy atom. The van der Waals surface area contributed by atoms with Crippen LogP contribution in [-0.4, -0.2) is 36.5 Å². The number of fused-ring (bicyclic) bond motifs is 1. The fourth-order valence-electron chi connectivity index (χ4n) is 4.09. The molecule has 5 heteroatoms. The van der Waals surface area contributed by atoms with Gasteiger partial charge in [-0.3, -0.25) is 4.99 Å². The second-order valence-electron chi connectivity index (χ2n) is 7.38. The number of nitrogens with one attached hydrogen (secondary N) is 1. The van der Waals surface area contributed by atoms with Crippen molar-refractivity contribution in [1.29, 1.82) is 0 Å². The number of rotatable bonds is 4. The van der Waals surface area contributed by atoms with E-state index in [4.69, 9.17) is 5.73 Å². The Balaban J connectivity index is 0.00000169. The van der Waals surface area contributed by atoms with Gasteiger partial charge in [-0.1, -0.05) is 12.1 Å². The number of hydrogen-bond acceptors (Lipinski definition) is 2. The van der Waals surface area contributed by atoms with Crippen LogP contribution >= 0.6 is 24.0 Å². The zero-order chi connectivity index (χ0) is 15.6. The van der Waals surface area contributed by atoms with E-state index in [1.807, 2.05) is 0 Å². The molecule has 3 aliphatic rings. The van der Waals surface area contributed by atoms with Crippen molar-refractivity contribution >= 4 is 35.6 Å². The van der Waals surface area contributed by atoms with Crippen LogP contribution in [0, 0.1) is 5.92 Å². The van der Waals surface area contributed by atoms with Crippen molar-refractivity contribution in [3.05, 3.63) is 29.3 Å². The summed E-state index contributed by atoms with van der Waals surface area (Å²) < 4.78 is 0. The number of nitrogens with zero attached hydrogens (tertiary/aromatic N) is 2. The minimum atomic E-state index is 0. The van der Waals surface area contributed by atoms with Crippen molar-refractivity contribution in [2.24, 2.45) is 16.6 Å². The van der Waals surface area contributed by atoms with Gasteiger partial charge < -0.3 is 16.0 Å². The maximum atomic E-state index is 6.15. The molecule has 1 heterocycles. The van der Waals surface area contributed by atoms with E-state index in [1.165, 1.54) is 62.7 Å². The number of hydrogen-bond donors (Lipinski definition) is 2. The van der Waals surface area contributed by atoms with Crippen LogP contribution in [0.25, 0.3) is 0 Å². The van der Waals surface area contributed by atoms with Gasteiger partial charge in [0.05, 0.1) is 0 Å². The highest BCUT2D eigenvalue weighted by atomic mass is 127. The van der Waals surface area contributed by atoms with Crippen LogP contribution in [-0.2, 0) is 12.8 Å². The van der Waals surface area contributed by atoms with Gasteiger partial charge in [0.15, 0.2) is 5.96 Å². The molecule has 1 saturated carbocycles. The highest BCUT2D eigenvalue weighted by Crippen LogP contribution is 2.32. The molecule has 2 fully saturated rings. The van der Waals surface area contributed by atoms with Crippen LogP contribution in [0.1, 0.15) is 43.2 Å². The molecule has 2 aliphatic carbocycles. The summed E-state index contributed by atoms with van der Waals surface area (Å²) in [6.45, 7) is 3.32. The summed E-state index contributed by atoms with van der Waals surface area (Å²) >= 11 is 0. The lowest BCUT2D eigenvalue weighted by atomic mass is 9.90. The standard InChI is InChI=1S/C19H28N4.HI/c20-19(21-12-14-10-11-23(13-14)16-8-9-16)22-18-7-3-5-15-4-1-2-6-17(15)18;/h3,5,7,14,16H,1-2,4,6,8-13H2,(H3,20,21,22);1H. The minimum Gasteiger partial charge on any atom is -0.370 e. The number of aryl methyl sites for hydroxylation is 1. The Bertz CT molecular complexity index is 597. The van der Waals surface area contributed by atoms with E-state index in [1.54, 1.807) is 0 Å². The quantitative estimate of drug-likeness (QED) is 0.429. The largest absolute Gasteiger partial charge is 0.370 e. The molecule has 0 amide bonds. The maximum absolute atomic E-state index is 6.15. The molecule has 0 bridgehead atoms. The van der Waals surface area contributed by atoms with Crippen molar-refractivity contribution in [2.75, 3.05) is 25.0 Å². The molecule has 1 unspecified atom stereocenters. The predicted octanol–water partition coefficient (Wildman–Crippen LogP) is 3.39. The first-order chi connectivity index (χ1) is 11.3. The number of nitrogens with two attached hydrogens (primary N) is 1. The van der Waals surface area contributed by atoms with Crippen molar-refractivity contribution in [3.63, 3.8) is 0 Å². The lowest BCUT2D eigenvalue weighted by molar-refractivity contribution is 0.315. The van der Waals surface area contributed by atoms with E-state index < -0.39 is 0 Å². The lowest BCUT2D eigenvalue weighted by Crippen LogP contribution is -2.26. The SMILES string of the molecule is I.NC(=NCC1CCN(C2CC2)C1)Nc1cccc2c1CCCC2. The molecule has 1 aromatic carbocycles. The third kappa shape index (κ3) is 4.23. The number of benzene rings is 1. The summed E-state index contributed by atoms with van der Waals surface area (Å²) in [7, 11) is 0. The number of likely N-dealkylation sites (tertiary alicyclic amines) is 1. The third-order valence-corrected chi connectivity index (χ3v) is 5.56. The van der Waals surface area contributed by atoms with Gasteiger partial charge in [0, 0.05) is 24.8 Å². The zero-order valence-electron chi connectivity index (χ0n) is 14.3. The van der Waals surface area contributed by atoms with Crippen LogP contribution in [0.2, 0.25) is 0 Å². The van der Waals surface area contributed by atoms with Crippen molar-refractivity contribution in [2.45, 2.75) is 51.0 Å². The van der Waals surface area contributed by atoms with Crippen LogP contribution < -0.4 is 11.1 Å². The normalized spacial score (nSPS) is 24.3. The molecule has 4 rings (SSSR count). The monoisotopic (exact) mass is 440 g/mol. The maximum Gasteiger partial charge on any atom is 0.193 e. The summed E-state index contributed by atoms with van der Waals surface area (Å²) in [6.07, 6.45) is 9.01. The van der Waals surface area contributed by atoms with Gasteiger partial charge in [0.2, 0.25) is 0 Å². The number of aliphatic imine (C=N–C) groups is 1. The average Bonchev–Trinajstić information content (AvgIpc) is 3.32. The van der Waals surface area contributed by atoms with Gasteiger partial charge in [-0.05, 0) is 74.6 Å². The molecule has 1 saturated heterocycles. The third-order valence-electron chi connectivity index (χ3n) is 5.56. The molecular formula is C19H29IN4. The molecule has 3 N–H and O–H groups in total. The van der Waals surface area contributed by atoms with Crippen molar-refractivity contribution in [3.8, 4) is 0 Å². The molecule has 4 nitrogen and oxygen atoms in total. The van der Waals surface area contributed by atoms with Gasteiger partial charge in [-0.2, -0.15) is 0 Å². The summed E-state index contributed by atoms with van der Waals surface area (Å²) in [6, 6.07) is 7.40. The Kier molecular flexibility index (Phi) is 6.02. The van der Waals surface area contributed by atoms with Crippen molar-refractivity contribution < 1.29 is 0 Å². The molecule has 132 valence electrons. The summed E-state index contributed by atoms with van der Waals surface area (Å²) in [5.41, 5.74) is 10.2. The molecule has 1 aliphatic heterocycles. The van der Waals surface area contributed by atoms with Gasteiger partial charge in [-0.25, -0.2) is 0 Å². The summed E-state index contributed by atoms with van der Waals surface area (Å²) in [4.78, 5) is 7.26. The molecule has 0 aromatic heterocycles. The van der Waals surface area contributed by atoms with Crippen LogP contribution in [0.15, 0.2) is 23.2 Å². The predicted molar refractivity (Wildman–Crippen MR) is 111 cm³/mol. The van der Waals surface area contributed by atoms with E-state index in [0.717, 1.165) is 24.7 Å². The van der Waals surface area contributed by atoms with Crippen molar-refractivity contribution in [1.82, 2.24) is 4.90 Å². The van der Waals surface area contributed by atoms with Crippen LogP contribution in [0.3, 0.4) is 0 Å². The molecule has 1 aromatic rings. The molecule has 1 atom stereocenters. The fraction of sp³-hybridized carbons (Fsp3) is 0.632. The highest BCUT2D eigenvalue weighted by Gasteiger charge is 2.34. The average molecular weight is 440 g/mol. The van der Waals surface area contributed by atoms with Gasteiger partial charge in [0.1, 0.15) is 0 Å². The van der Waals surface area contributed by atoms with E-state index >= 15 is 0 Å². The number of guanidine groups is 1. The molecular weight excluding hydrogens is 411 g/mol. The van der Waals surface area contributed by atoms with E-state index in [0.29, 0.717) is 11.9 Å². The Morgan fingerprint density at radius 2 is 2.04 bits per heavy atom. The first-order valence-electron chi connectivity index (χ1n) is 9.21. The highest BCUT2D eigenvalue weighted by molar-refractivity contribution is 14.0. The van der Waals surface area contributed by atoms with Gasteiger partial charge in [0.25, 0.3) is 0 Å². The topological polar surface area (TPSA) is 53.6 Å². The molecule has 0 spiro atoms. The van der Waals surface area contributed by atoms with Gasteiger partial charge >= 0.3 is 0 Å². The summed E-state index contributed by atoms with van der Waals surface area (Å²) in [5, 5.41) is 3.35. The number of halogens is 1. The minimum absolute atomic E-state index is 0. The van der Waals surface area contributed by atoms with Crippen LogP contribution in [0.4, 0.5) is 5.69 Å². The smallest absolute Gasteiger partial charge is 0.193 e. The first kappa shape index (κ1) is 18.0. The van der Waals surface area contributed by atoms with E-state index in [2.05, 4.69) is 33.4 Å². The van der Waals surface area contributed by atoms with E-state index in [-0.39, 0.29) is 24.0 Å². The summed E-state index contributed by atoms with van der Waals surface area (Å²) in [5.74, 6) is 1.26. The zero-order valence-corrected chi connectivity index (χ0v) is 16.7. The Hall–Kier alpha value is -0.820. The number of anilines is 1. The Morgan fingerprint density at radius 1 is 1.21 bits per heavy atom. The molecule has 24 heavy (non-hydrogen) atoms. The van der Waals surface area contributed by atoms with Gasteiger partial charge in [-0.15, -0.1) is 24.0 Å². The first-order valence-corrected chi connectivity index (χ1v) is 9.21. The second kappa shape index (κ2) is 8.04. The van der Waals surface area contributed by atoms with E-state index in [9.17, 15) is 0 Å². The second-order valence-corrected chi connectivity index (χ2v) is 7.38.